The van der Waals surface area contributed by atoms with Crippen LogP contribution in [-0.2, 0) is 21.8 Å². The lowest BCUT2D eigenvalue weighted by Crippen LogP contribution is -2.38. The van der Waals surface area contributed by atoms with Crippen molar-refractivity contribution in [3.8, 4) is 11.3 Å². The number of nitrogens with zero attached hydrogens (tertiary/aromatic N) is 2. The van der Waals surface area contributed by atoms with Crippen molar-refractivity contribution in [2.75, 3.05) is 11.4 Å². The highest BCUT2D eigenvalue weighted by Crippen LogP contribution is 2.33. The molecule has 0 atom stereocenters. The third-order valence-electron chi connectivity index (χ3n) is 4.62. The van der Waals surface area contributed by atoms with Crippen molar-refractivity contribution in [2.24, 2.45) is 0 Å². The Labute approximate surface area is 176 Å². The lowest BCUT2D eigenvalue weighted by Gasteiger charge is -2.28. The zero-order valence-corrected chi connectivity index (χ0v) is 16.9. The van der Waals surface area contributed by atoms with Gasteiger partial charge in [0.25, 0.3) is 0 Å². The first-order chi connectivity index (χ1) is 14.0. The normalized spacial score (nSPS) is 13.4. The van der Waals surface area contributed by atoms with E-state index >= 15 is 0 Å². The van der Waals surface area contributed by atoms with E-state index in [0.717, 1.165) is 21.7 Å². The maximum Gasteiger partial charge on any atom is 0.323 e. The van der Waals surface area contributed by atoms with E-state index in [1.807, 2.05) is 36.4 Å². The number of thioether (sulfide) groups is 1. The van der Waals surface area contributed by atoms with Crippen LogP contribution in [0.1, 0.15) is 17.7 Å². The highest BCUT2D eigenvalue weighted by molar-refractivity contribution is 7.98. The average molecular weight is 429 g/mol. The van der Waals surface area contributed by atoms with Crippen molar-refractivity contribution < 1.29 is 19.2 Å². The van der Waals surface area contributed by atoms with Crippen LogP contribution < -0.4 is 4.90 Å². The third kappa shape index (κ3) is 4.46. The van der Waals surface area contributed by atoms with Gasteiger partial charge in [0.05, 0.1) is 5.69 Å². The van der Waals surface area contributed by atoms with Crippen LogP contribution in [0.25, 0.3) is 11.3 Å². The van der Waals surface area contributed by atoms with Gasteiger partial charge in [0.15, 0.2) is 5.76 Å². The van der Waals surface area contributed by atoms with Crippen LogP contribution in [0.15, 0.2) is 57.9 Å². The minimum atomic E-state index is -1.02. The molecule has 8 heteroatoms. The maximum atomic E-state index is 12.1. The molecule has 1 aliphatic heterocycles. The van der Waals surface area contributed by atoms with Gasteiger partial charge in [-0.2, -0.15) is 0 Å². The molecule has 0 radical (unpaired) electrons. The van der Waals surface area contributed by atoms with Crippen LogP contribution in [0.5, 0.6) is 0 Å². The highest BCUT2D eigenvalue weighted by atomic mass is 35.5. The first kappa shape index (κ1) is 19.5. The second kappa shape index (κ2) is 8.31. The second-order valence-electron chi connectivity index (χ2n) is 6.64. The van der Waals surface area contributed by atoms with Crippen molar-refractivity contribution >= 4 is 40.9 Å². The summed E-state index contributed by atoms with van der Waals surface area (Å²) >= 11 is 7.52. The fraction of sp³-hybridized carbons (Fsp3) is 0.190. The minimum absolute atomic E-state index is 0.155. The van der Waals surface area contributed by atoms with E-state index in [1.165, 1.54) is 4.90 Å². The number of fused-ring (bicyclic) bond motifs is 1. The molecule has 0 saturated heterocycles. The lowest BCUT2D eigenvalue weighted by atomic mass is 10.0. The number of carbonyl (C=O) groups excluding carboxylic acids is 1. The molecule has 2 aromatic carbocycles. The molecule has 1 N–H and O–H groups in total. The van der Waals surface area contributed by atoms with E-state index in [-0.39, 0.29) is 12.5 Å². The van der Waals surface area contributed by atoms with Crippen molar-refractivity contribution in [3.63, 3.8) is 0 Å². The molecule has 148 valence electrons. The predicted octanol–water partition coefficient (Wildman–Crippen LogP) is 4.65. The number of aromatic nitrogens is 1. The number of carboxylic acids is 1. The van der Waals surface area contributed by atoms with Crippen molar-refractivity contribution in [2.45, 2.75) is 23.5 Å². The number of aliphatic carboxylic acids is 1. The zero-order valence-electron chi connectivity index (χ0n) is 15.3. The molecule has 1 aliphatic rings. The van der Waals surface area contributed by atoms with Crippen LogP contribution >= 0.6 is 23.4 Å². The zero-order chi connectivity index (χ0) is 20.4. The summed E-state index contributed by atoms with van der Waals surface area (Å²) in [4.78, 5) is 25.5. The van der Waals surface area contributed by atoms with Gasteiger partial charge in [0, 0.05) is 39.4 Å². The fourth-order valence-electron chi connectivity index (χ4n) is 3.22. The Hall–Kier alpha value is -2.77. The smallest absolute Gasteiger partial charge is 0.323 e. The number of aryl methyl sites for hydroxylation is 1. The van der Waals surface area contributed by atoms with Gasteiger partial charge < -0.3 is 14.5 Å². The molecule has 29 heavy (non-hydrogen) atoms. The van der Waals surface area contributed by atoms with Gasteiger partial charge >= 0.3 is 5.97 Å². The largest absolute Gasteiger partial charge is 0.480 e. The summed E-state index contributed by atoms with van der Waals surface area (Å²) in [5, 5.41) is 13.8. The van der Waals surface area contributed by atoms with E-state index in [2.05, 4.69) is 5.16 Å². The van der Waals surface area contributed by atoms with E-state index < -0.39 is 5.97 Å². The summed E-state index contributed by atoms with van der Waals surface area (Å²) in [6.45, 7) is -0.315. The van der Waals surface area contributed by atoms with Gasteiger partial charge in [-0.3, -0.25) is 9.59 Å². The highest BCUT2D eigenvalue weighted by Gasteiger charge is 2.26. The number of carbonyl (C=O) groups is 2. The topological polar surface area (TPSA) is 83.6 Å². The number of halogens is 1. The Kier molecular flexibility index (Phi) is 5.60. The molecule has 1 amide bonds. The summed E-state index contributed by atoms with van der Waals surface area (Å²) in [6, 6.07) is 15.0. The van der Waals surface area contributed by atoms with Gasteiger partial charge in [-0.25, -0.2) is 0 Å². The number of amides is 1. The summed E-state index contributed by atoms with van der Waals surface area (Å²) in [6.07, 6.45) is 0.936. The SMILES string of the molecule is O=C(O)CN1C(=O)CCc2cc(SCc3cc(-c4ccc(Cl)cc4)on3)ccc21. The van der Waals surface area contributed by atoms with Crippen molar-refractivity contribution in [1.29, 1.82) is 0 Å². The number of hydrogen-bond acceptors (Lipinski definition) is 5. The van der Waals surface area contributed by atoms with Crippen LogP contribution in [0.4, 0.5) is 5.69 Å². The van der Waals surface area contributed by atoms with E-state index in [1.54, 1.807) is 23.9 Å². The molecule has 3 aromatic rings. The van der Waals surface area contributed by atoms with Crippen LogP contribution in [-0.4, -0.2) is 28.7 Å². The first-order valence-corrected chi connectivity index (χ1v) is 10.4. The number of carboxylic acid groups (broad SMARTS) is 1. The molecular weight excluding hydrogens is 412 g/mol. The summed E-state index contributed by atoms with van der Waals surface area (Å²) in [7, 11) is 0. The monoisotopic (exact) mass is 428 g/mol. The van der Waals surface area contributed by atoms with Crippen molar-refractivity contribution in [1.82, 2.24) is 5.16 Å². The van der Waals surface area contributed by atoms with Crippen LogP contribution in [0, 0.1) is 0 Å². The standard InChI is InChI=1S/C21H17ClN2O4S/c22-15-4-1-13(2-5-15)19-10-16(23-28-19)12-29-17-6-7-18-14(9-17)3-8-20(25)24(18)11-21(26)27/h1-2,4-7,9-10H,3,8,11-12H2,(H,26,27). The predicted molar refractivity (Wildman–Crippen MR) is 111 cm³/mol. The lowest BCUT2D eigenvalue weighted by molar-refractivity contribution is -0.136. The maximum absolute atomic E-state index is 12.1. The second-order valence-corrected chi connectivity index (χ2v) is 8.13. The molecule has 4 rings (SSSR count). The molecule has 0 fully saturated rings. The molecular formula is C21H17ClN2O4S. The van der Waals surface area contributed by atoms with Crippen molar-refractivity contribution in [3.05, 3.63) is 64.8 Å². The fourth-order valence-corrected chi connectivity index (χ4v) is 4.19. The third-order valence-corrected chi connectivity index (χ3v) is 5.90. The first-order valence-electron chi connectivity index (χ1n) is 8.99. The Bertz CT molecular complexity index is 1060. The Balaban J connectivity index is 1.45. The van der Waals surface area contributed by atoms with E-state index in [9.17, 15) is 9.59 Å². The Morgan fingerprint density at radius 3 is 2.72 bits per heavy atom. The van der Waals surface area contributed by atoms with Gasteiger partial charge in [-0.1, -0.05) is 16.8 Å². The molecule has 2 heterocycles. The summed E-state index contributed by atoms with van der Waals surface area (Å²) in [5.74, 6) is 0.142. The molecule has 0 aliphatic carbocycles. The van der Waals surface area contributed by atoms with E-state index in [4.69, 9.17) is 21.2 Å². The van der Waals surface area contributed by atoms with E-state index in [0.29, 0.717) is 35.1 Å². The molecule has 0 spiro atoms. The van der Waals surface area contributed by atoms with Gasteiger partial charge in [-0.15, -0.1) is 11.8 Å². The van der Waals surface area contributed by atoms with Gasteiger partial charge in [0.2, 0.25) is 5.91 Å². The van der Waals surface area contributed by atoms with Gasteiger partial charge in [0.1, 0.15) is 6.54 Å². The van der Waals surface area contributed by atoms with Gasteiger partial charge in [-0.05, 0) is 54.4 Å². The molecule has 0 saturated carbocycles. The number of benzene rings is 2. The molecule has 0 bridgehead atoms. The molecule has 6 nitrogen and oxygen atoms in total. The quantitative estimate of drug-likeness (QED) is 0.575. The number of rotatable bonds is 6. The molecule has 1 aromatic heterocycles. The number of anilines is 1. The average Bonchev–Trinajstić information content (AvgIpc) is 3.18. The number of hydrogen-bond donors (Lipinski definition) is 1. The van der Waals surface area contributed by atoms with Crippen LogP contribution in [0.3, 0.4) is 0 Å². The molecule has 0 unspecified atom stereocenters. The summed E-state index contributed by atoms with van der Waals surface area (Å²) in [5.41, 5.74) is 3.40. The Morgan fingerprint density at radius 2 is 1.97 bits per heavy atom. The minimum Gasteiger partial charge on any atom is -0.480 e. The van der Waals surface area contributed by atoms with Crippen LogP contribution in [0.2, 0.25) is 5.02 Å². The Morgan fingerprint density at radius 1 is 1.17 bits per heavy atom. The summed E-state index contributed by atoms with van der Waals surface area (Å²) < 4.78 is 5.43.